The first kappa shape index (κ1) is 49.8. The summed E-state index contributed by atoms with van der Waals surface area (Å²) in [6, 6.07) is 53.2. The Labute approximate surface area is 427 Å². The van der Waals surface area contributed by atoms with Gasteiger partial charge in [0, 0.05) is 46.5 Å². The van der Waals surface area contributed by atoms with Gasteiger partial charge in [0.25, 0.3) is 0 Å². The highest BCUT2D eigenvalue weighted by molar-refractivity contribution is 9.10. The third-order valence-corrected chi connectivity index (χ3v) is 15.4. The topological polar surface area (TPSA) is 91.2 Å². The van der Waals surface area contributed by atoms with Crippen molar-refractivity contribution in [2.24, 2.45) is 0 Å². The summed E-state index contributed by atoms with van der Waals surface area (Å²) in [7, 11) is 11.6. The molecule has 0 amide bonds. The van der Waals surface area contributed by atoms with E-state index in [0.29, 0.717) is 30.3 Å². The lowest BCUT2D eigenvalue weighted by Gasteiger charge is -2.57. The Hall–Kier alpha value is -6.20. The molecule has 0 saturated heterocycles. The number of methoxy groups -OCH3 is 2. The number of hydrogen-bond acceptors (Lipinski definition) is 8. The molecule has 0 spiro atoms. The molecule has 8 aromatic rings. The predicted molar refractivity (Wildman–Crippen MR) is 292 cm³/mol. The summed E-state index contributed by atoms with van der Waals surface area (Å²) >= 11 is 3.78. The van der Waals surface area contributed by atoms with E-state index in [1.165, 1.54) is 5.57 Å². The number of aromatic nitrogens is 2. The van der Waals surface area contributed by atoms with Gasteiger partial charge in [-0.1, -0.05) is 152 Å². The molecule has 2 heterocycles. The Morgan fingerprint density at radius 2 is 1.24 bits per heavy atom. The minimum atomic E-state index is -1.77. The Bertz CT molecular complexity index is 3140. The first-order chi connectivity index (χ1) is 34.4. The van der Waals surface area contributed by atoms with Crippen molar-refractivity contribution in [3.63, 3.8) is 0 Å². The van der Waals surface area contributed by atoms with Crippen LogP contribution in [0, 0.1) is 0 Å². The number of halogens is 1. The van der Waals surface area contributed by atoms with E-state index >= 15 is 10.2 Å². The van der Waals surface area contributed by atoms with Crippen molar-refractivity contribution >= 4 is 43.0 Å². The smallest absolute Gasteiger partial charge is 0.217 e. The molecule has 0 fully saturated rings. The first-order valence-corrected chi connectivity index (χ1v) is 25.5. The zero-order chi connectivity index (χ0) is 49.8. The van der Waals surface area contributed by atoms with E-state index in [9.17, 15) is 0 Å². The molecule has 0 bridgehead atoms. The predicted octanol–water partition coefficient (Wildman–Crippen LogP) is 12.7. The van der Waals surface area contributed by atoms with Crippen molar-refractivity contribution in [2.75, 3.05) is 49.0 Å². The molecule has 9 heteroatoms. The summed E-state index contributed by atoms with van der Waals surface area (Å²) in [4.78, 5) is 14.4. The number of aliphatic hydroxyl groups is 2. The van der Waals surface area contributed by atoms with E-state index in [0.717, 1.165) is 85.1 Å². The zero-order valence-corrected chi connectivity index (χ0v) is 43.3. The van der Waals surface area contributed by atoms with Crippen LogP contribution in [0.25, 0.3) is 27.1 Å². The van der Waals surface area contributed by atoms with Gasteiger partial charge in [-0.2, -0.15) is 0 Å². The Balaban J connectivity index is 1.49. The highest BCUT2D eigenvalue weighted by Crippen LogP contribution is 2.60. The van der Waals surface area contributed by atoms with Crippen LogP contribution in [0.15, 0.2) is 181 Å². The number of nitrogens with zero attached hydrogens (tertiary/aromatic N) is 4. The van der Waals surface area contributed by atoms with E-state index in [1.807, 2.05) is 66.9 Å². The van der Waals surface area contributed by atoms with Crippen molar-refractivity contribution < 1.29 is 19.7 Å². The fraction of sp³-hybridized carbons (Fsp3) is 0.290. The highest BCUT2D eigenvalue weighted by atomic mass is 79.9. The average molecular weight is 1010 g/mol. The molecule has 0 radical (unpaired) electrons. The third-order valence-electron chi connectivity index (χ3n) is 15.0. The first-order valence-electron chi connectivity index (χ1n) is 24.7. The van der Waals surface area contributed by atoms with E-state index in [2.05, 4.69) is 157 Å². The number of fused-ring (bicyclic) bond motifs is 2. The van der Waals surface area contributed by atoms with Crippen molar-refractivity contribution in [3.8, 4) is 11.8 Å². The molecule has 5 unspecified atom stereocenters. The van der Waals surface area contributed by atoms with Crippen molar-refractivity contribution in [1.29, 1.82) is 0 Å². The van der Waals surface area contributed by atoms with Crippen molar-refractivity contribution in [1.82, 2.24) is 19.8 Å². The lowest BCUT2D eigenvalue weighted by atomic mass is 9.52. The number of hydrogen-bond donors (Lipinski definition) is 2. The quantitative estimate of drug-likeness (QED) is 0.0878. The number of likely N-dealkylation sites (N-methyl/N-ethyl adjacent to an activating group) is 1. The molecule has 8 nitrogen and oxygen atoms in total. The van der Waals surface area contributed by atoms with Gasteiger partial charge in [-0.05, 0) is 150 Å². The van der Waals surface area contributed by atoms with E-state index in [-0.39, 0.29) is 6.42 Å². The fourth-order valence-corrected chi connectivity index (χ4v) is 12.2. The molecule has 9 rings (SSSR count). The van der Waals surface area contributed by atoms with Crippen LogP contribution in [-0.4, -0.2) is 85.0 Å². The second-order valence-corrected chi connectivity index (χ2v) is 20.5. The maximum atomic E-state index is 15.3. The van der Waals surface area contributed by atoms with Crippen LogP contribution in [-0.2, 0) is 16.6 Å². The minimum absolute atomic E-state index is 0.0727. The molecule has 2 N–H and O–H groups in total. The molecule has 5 atom stereocenters. The van der Waals surface area contributed by atoms with Gasteiger partial charge in [-0.25, -0.2) is 9.97 Å². The van der Waals surface area contributed by atoms with Crippen LogP contribution in [0.2, 0.25) is 0 Å². The van der Waals surface area contributed by atoms with Gasteiger partial charge in [0.15, 0.2) is 0 Å². The van der Waals surface area contributed by atoms with Gasteiger partial charge in [0.05, 0.1) is 19.6 Å². The number of benzene rings is 6. The van der Waals surface area contributed by atoms with Crippen molar-refractivity contribution in [2.45, 2.75) is 67.1 Å². The van der Waals surface area contributed by atoms with Crippen LogP contribution in [0.4, 0.5) is 0 Å². The van der Waals surface area contributed by atoms with Gasteiger partial charge in [0.2, 0.25) is 11.8 Å². The standard InChI is InChI=1S/C62H65BrN4O4/c1-66(2)37-36-61(69,54-35-21-29-45-25-17-19-33-51(45)54)62(48-30-14-9-15-31-48,55-38-47(41-64-59(55)71-6)43-22-10-7-11-23-43)56(67(3)4)40-60(68,53-34-20-28-44-24-16-18-32-50(44)53)57(46-26-12-8-13-27-46)52-39-49(63)42-65-58(52)70-5/h8-9,12-22,24-35,38-39,41-42,56-57,68-69H,7,10-11,23,36-37,40H2,1-6H3. The molecule has 1 aliphatic carbocycles. The van der Waals surface area contributed by atoms with Gasteiger partial charge < -0.3 is 29.5 Å². The van der Waals surface area contributed by atoms with Gasteiger partial charge in [-0.15, -0.1) is 0 Å². The number of allylic oxidation sites excluding steroid dienone is 2. The molecule has 0 aliphatic heterocycles. The van der Waals surface area contributed by atoms with Crippen LogP contribution in [0.3, 0.4) is 0 Å². The van der Waals surface area contributed by atoms with Crippen LogP contribution in [0.1, 0.15) is 83.4 Å². The number of rotatable bonds is 18. The third kappa shape index (κ3) is 9.31. The normalized spacial score (nSPS) is 16.5. The Kier molecular flexibility index (Phi) is 14.9. The maximum absolute atomic E-state index is 15.3. The van der Waals surface area contributed by atoms with Gasteiger partial charge in [0.1, 0.15) is 11.2 Å². The molecular formula is C62H65BrN4O4. The van der Waals surface area contributed by atoms with Crippen LogP contribution >= 0.6 is 15.9 Å². The molecule has 0 saturated carbocycles. The van der Waals surface area contributed by atoms with Crippen LogP contribution < -0.4 is 9.47 Å². The summed E-state index contributed by atoms with van der Waals surface area (Å²) in [6.07, 6.45) is 10.5. The van der Waals surface area contributed by atoms with Crippen LogP contribution in [0.5, 0.6) is 11.8 Å². The summed E-state index contributed by atoms with van der Waals surface area (Å²) in [5.74, 6) is 0.0288. The summed E-state index contributed by atoms with van der Waals surface area (Å²) in [5.41, 5.74) is 1.89. The molecular weight excluding hydrogens is 945 g/mol. The number of pyridine rings is 2. The zero-order valence-electron chi connectivity index (χ0n) is 41.7. The van der Waals surface area contributed by atoms with Gasteiger partial charge in [-0.3, -0.25) is 0 Å². The Morgan fingerprint density at radius 1 is 0.648 bits per heavy atom. The SMILES string of the molecule is COc1ncc(Br)cc1C(c1ccccc1)C(O)(CC(N(C)C)C(c1ccccc1)(c1cc(C2=CCCCC2)cnc1OC)C(O)(CCN(C)C)c1cccc2ccccc12)c1cccc2ccccc12. The fourth-order valence-electron chi connectivity index (χ4n) is 11.8. The van der Waals surface area contributed by atoms with Crippen molar-refractivity contribution in [3.05, 3.63) is 220 Å². The summed E-state index contributed by atoms with van der Waals surface area (Å²) in [5, 5.41) is 34.4. The molecule has 71 heavy (non-hydrogen) atoms. The molecule has 1 aliphatic rings. The summed E-state index contributed by atoms with van der Waals surface area (Å²) in [6.45, 7) is 0.524. The second-order valence-electron chi connectivity index (χ2n) is 19.6. The van der Waals surface area contributed by atoms with E-state index in [4.69, 9.17) is 19.4 Å². The Morgan fingerprint density at radius 3 is 1.86 bits per heavy atom. The molecule has 2 aromatic heterocycles. The van der Waals surface area contributed by atoms with Gasteiger partial charge >= 0.3 is 0 Å². The monoisotopic (exact) mass is 1010 g/mol. The lowest BCUT2D eigenvalue weighted by Crippen LogP contribution is -2.63. The maximum Gasteiger partial charge on any atom is 0.217 e. The number of ether oxygens (including phenoxy) is 2. The minimum Gasteiger partial charge on any atom is -0.481 e. The second kappa shape index (κ2) is 21.3. The lowest BCUT2D eigenvalue weighted by molar-refractivity contribution is -0.0945. The van der Waals surface area contributed by atoms with E-state index in [1.54, 1.807) is 20.4 Å². The summed E-state index contributed by atoms with van der Waals surface area (Å²) < 4.78 is 13.4. The molecule has 6 aromatic carbocycles. The molecule has 364 valence electrons. The van der Waals surface area contributed by atoms with E-state index < -0.39 is 28.6 Å². The largest absolute Gasteiger partial charge is 0.481 e. The average Bonchev–Trinajstić information content (AvgIpc) is 3.40. The highest BCUT2D eigenvalue weighted by Gasteiger charge is 2.62.